The summed E-state index contributed by atoms with van der Waals surface area (Å²) in [5.41, 5.74) is 2.53. The third-order valence-electron chi connectivity index (χ3n) is 5.64. The van der Waals surface area contributed by atoms with E-state index in [9.17, 15) is 14.0 Å². The molecule has 10 heteroatoms. The number of carboxylic acid groups (broad SMARTS) is 1. The lowest BCUT2D eigenvalue weighted by atomic mass is 10.0. The van der Waals surface area contributed by atoms with Gasteiger partial charge in [-0.15, -0.1) is 5.10 Å². The van der Waals surface area contributed by atoms with Gasteiger partial charge < -0.3 is 14.7 Å². The number of carbonyl (C=O) groups is 2. The molecule has 0 aromatic carbocycles. The summed E-state index contributed by atoms with van der Waals surface area (Å²) in [5.74, 6) is 5.33. The Morgan fingerprint density at radius 2 is 2.12 bits per heavy atom. The molecule has 1 saturated carbocycles. The minimum atomic E-state index is -1.11. The Bertz CT molecular complexity index is 1100. The van der Waals surface area contributed by atoms with Crippen LogP contribution in [0, 0.1) is 24.2 Å². The summed E-state index contributed by atoms with van der Waals surface area (Å²) in [6.45, 7) is 3.40. The normalized spacial score (nSPS) is 14.7. The van der Waals surface area contributed by atoms with Crippen molar-refractivity contribution >= 4 is 12.1 Å². The molecule has 0 spiro atoms. The molecule has 0 radical (unpaired) electrons. The molecule has 33 heavy (non-hydrogen) atoms. The Labute approximate surface area is 191 Å². The van der Waals surface area contributed by atoms with Crippen LogP contribution in [0.4, 0.5) is 9.18 Å². The van der Waals surface area contributed by atoms with E-state index in [4.69, 9.17) is 9.84 Å². The molecule has 0 saturated heterocycles. The van der Waals surface area contributed by atoms with Gasteiger partial charge in [0.05, 0.1) is 24.4 Å². The van der Waals surface area contributed by atoms with Crippen molar-refractivity contribution in [3.05, 3.63) is 29.1 Å². The van der Waals surface area contributed by atoms with Gasteiger partial charge in [-0.2, -0.15) is 0 Å². The highest BCUT2D eigenvalue weighted by atomic mass is 19.1. The van der Waals surface area contributed by atoms with Gasteiger partial charge in [0.15, 0.2) is 0 Å². The molecule has 1 N–H and O–H groups in total. The van der Waals surface area contributed by atoms with Gasteiger partial charge >= 0.3 is 12.1 Å². The van der Waals surface area contributed by atoms with Crippen molar-refractivity contribution in [2.45, 2.75) is 52.3 Å². The van der Waals surface area contributed by atoms with Gasteiger partial charge in [0.1, 0.15) is 24.2 Å². The molecule has 1 aliphatic carbocycles. The molecular formula is C23H28FN5O4. The highest BCUT2D eigenvalue weighted by Gasteiger charge is 2.43. The van der Waals surface area contributed by atoms with E-state index < -0.39 is 23.6 Å². The number of carboxylic acids is 1. The second kappa shape index (κ2) is 9.98. The summed E-state index contributed by atoms with van der Waals surface area (Å²) in [6, 6.07) is 3.57. The first kappa shape index (κ1) is 24.2. The zero-order valence-corrected chi connectivity index (χ0v) is 19.3. The number of ether oxygens (including phenoxy) is 1. The summed E-state index contributed by atoms with van der Waals surface area (Å²) in [6.07, 6.45) is 0.203. The molecule has 1 atom stereocenters. The zero-order valence-electron chi connectivity index (χ0n) is 19.3. The van der Waals surface area contributed by atoms with Gasteiger partial charge in [0.2, 0.25) is 0 Å². The molecule has 0 bridgehead atoms. The number of alkyl halides is 1. The van der Waals surface area contributed by atoms with Gasteiger partial charge in [0.25, 0.3) is 0 Å². The molecule has 2 aromatic heterocycles. The number of carbonyl (C=O) groups excluding carboxylic acids is 1. The fourth-order valence-corrected chi connectivity index (χ4v) is 3.29. The van der Waals surface area contributed by atoms with E-state index in [-0.39, 0.29) is 19.6 Å². The van der Waals surface area contributed by atoms with Gasteiger partial charge in [0, 0.05) is 25.1 Å². The van der Waals surface area contributed by atoms with Crippen molar-refractivity contribution in [3.8, 4) is 23.2 Å². The summed E-state index contributed by atoms with van der Waals surface area (Å²) < 4.78 is 20.4. The van der Waals surface area contributed by atoms with Crippen LogP contribution in [0.2, 0.25) is 0 Å². The monoisotopic (exact) mass is 457 g/mol. The Kier molecular flexibility index (Phi) is 7.31. The fourth-order valence-electron chi connectivity index (χ4n) is 3.29. The fraction of sp³-hybridized carbons (Fsp3) is 0.522. The number of hydrogen-bond donors (Lipinski definition) is 1. The number of hydrogen-bond acceptors (Lipinski definition) is 6. The van der Waals surface area contributed by atoms with E-state index in [1.54, 1.807) is 20.0 Å². The van der Waals surface area contributed by atoms with Crippen LogP contribution >= 0.6 is 0 Å². The van der Waals surface area contributed by atoms with Crippen LogP contribution in [-0.4, -0.2) is 61.8 Å². The van der Waals surface area contributed by atoms with Crippen LogP contribution in [0.3, 0.4) is 0 Å². The van der Waals surface area contributed by atoms with Crippen LogP contribution in [-0.2, 0) is 23.2 Å². The van der Waals surface area contributed by atoms with Gasteiger partial charge in [-0.05, 0) is 38.3 Å². The minimum Gasteiger partial charge on any atom is -0.481 e. The SMILES string of the molecule is CCC(F)CN(C)C(=O)OCc1c(-c2ccc(C#CC3(CC(=O)O)CC3)c(C)n2)nnn1C. The first-order valence-electron chi connectivity index (χ1n) is 10.8. The molecule has 1 fully saturated rings. The topological polar surface area (TPSA) is 110 Å². The summed E-state index contributed by atoms with van der Waals surface area (Å²) >= 11 is 0. The average molecular weight is 458 g/mol. The summed E-state index contributed by atoms with van der Waals surface area (Å²) in [4.78, 5) is 29.0. The van der Waals surface area contributed by atoms with Crippen LogP contribution < -0.4 is 0 Å². The Morgan fingerprint density at radius 1 is 1.39 bits per heavy atom. The van der Waals surface area contributed by atoms with Crippen molar-refractivity contribution in [1.82, 2.24) is 24.9 Å². The number of aromatic nitrogens is 4. The third-order valence-corrected chi connectivity index (χ3v) is 5.64. The smallest absolute Gasteiger partial charge is 0.409 e. The lowest BCUT2D eigenvalue weighted by Gasteiger charge is -2.18. The highest BCUT2D eigenvalue weighted by Crippen LogP contribution is 2.48. The largest absolute Gasteiger partial charge is 0.481 e. The maximum absolute atomic E-state index is 13.5. The maximum Gasteiger partial charge on any atom is 0.409 e. The van der Waals surface area contributed by atoms with Crippen molar-refractivity contribution in [3.63, 3.8) is 0 Å². The minimum absolute atomic E-state index is 0.0389. The van der Waals surface area contributed by atoms with E-state index in [0.29, 0.717) is 34.8 Å². The number of halogens is 1. The first-order valence-corrected chi connectivity index (χ1v) is 10.8. The van der Waals surface area contributed by atoms with Crippen LogP contribution in [0.15, 0.2) is 12.1 Å². The van der Waals surface area contributed by atoms with Crippen molar-refractivity contribution in [2.75, 3.05) is 13.6 Å². The molecule has 3 rings (SSSR count). The quantitative estimate of drug-likeness (QED) is 0.607. The lowest BCUT2D eigenvalue weighted by molar-refractivity contribution is -0.137. The summed E-state index contributed by atoms with van der Waals surface area (Å²) in [7, 11) is 3.17. The van der Waals surface area contributed by atoms with E-state index in [1.165, 1.54) is 16.6 Å². The Morgan fingerprint density at radius 3 is 2.73 bits per heavy atom. The predicted molar refractivity (Wildman–Crippen MR) is 118 cm³/mol. The highest BCUT2D eigenvalue weighted by molar-refractivity contribution is 5.69. The average Bonchev–Trinajstić information content (AvgIpc) is 3.42. The van der Waals surface area contributed by atoms with Gasteiger partial charge in [-0.25, -0.2) is 13.9 Å². The lowest BCUT2D eigenvalue weighted by Crippen LogP contribution is -2.33. The van der Waals surface area contributed by atoms with Gasteiger partial charge in [-0.1, -0.05) is 24.0 Å². The van der Waals surface area contributed by atoms with E-state index in [2.05, 4.69) is 27.1 Å². The molecule has 1 unspecified atom stereocenters. The Balaban J connectivity index is 1.73. The number of amides is 1. The number of rotatable bonds is 8. The van der Waals surface area contributed by atoms with Gasteiger partial charge in [-0.3, -0.25) is 9.78 Å². The zero-order chi connectivity index (χ0) is 24.2. The molecule has 1 aliphatic rings. The molecule has 2 heterocycles. The maximum atomic E-state index is 13.5. The molecule has 0 aliphatic heterocycles. The number of aryl methyl sites for hydroxylation is 2. The standard InChI is InChI=1S/C23H28FN5O4/c1-5-17(24)13-28(3)22(32)33-14-19-21(26-27-29(19)4)18-7-6-16(15(2)25-18)8-9-23(10-11-23)12-20(30)31/h6-7,17H,5,10-14H2,1-4H3,(H,30,31). The Hall–Kier alpha value is -3.48. The van der Waals surface area contributed by atoms with E-state index in [0.717, 1.165) is 12.8 Å². The third kappa shape index (κ3) is 6.06. The molecule has 1 amide bonds. The van der Waals surface area contributed by atoms with Crippen molar-refractivity contribution in [2.24, 2.45) is 12.5 Å². The van der Waals surface area contributed by atoms with E-state index in [1.807, 2.05) is 13.0 Å². The second-order valence-electron chi connectivity index (χ2n) is 8.38. The van der Waals surface area contributed by atoms with Crippen LogP contribution in [0.25, 0.3) is 11.4 Å². The molecule has 176 valence electrons. The molecule has 9 nitrogen and oxygen atoms in total. The number of nitrogens with zero attached hydrogens (tertiary/aromatic N) is 5. The number of aliphatic carboxylic acids is 1. The van der Waals surface area contributed by atoms with Crippen molar-refractivity contribution in [1.29, 1.82) is 0 Å². The number of pyridine rings is 1. The molecular weight excluding hydrogens is 429 g/mol. The van der Waals surface area contributed by atoms with E-state index >= 15 is 0 Å². The molecule has 2 aromatic rings. The summed E-state index contributed by atoms with van der Waals surface area (Å²) in [5, 5.41) is 17.2. The van der Waals surface area contributed by atoms with Crippen molar-refractivity contribution < 1.29 is 23.8 Å². The second-order valence-corrected chi connectivity index (χ2v) is 8.38. The van der Waals surface area contributed by atoms with Crippen LogP contribution in [0.5, 0.6) is 0 Å². The van der Waals surface area contributed by atoms with Crippen LogP contribution in [0.1, 0.15) is 49.6 Å². The first-order chi connectivity index (χ1) is 15.6. The predicted octanol–water partition coefficient (Wildman–Crippen LogP) is 3.11.